The van der Waals surface area contributed by atoms with E-state index in [1.165, 1.54) is 10.9 Å². The molecule has 1 amide bonds. The van der Waals surface area contributed by atoms with Crippen LogP contribution in [0.4, 0.5) is 19.0 Å². The fourth-order valence-electron chi connectivity index (χ4n) is 5.07. The van der Waals surface area contributed by atoms with Crippen LogP contribution in [0.25, 0.3) is 22.6 Å². The molecule has 12 heteroatoms. The van der Waals surface area contributed by atoms with Crippen molar-refractivity contribution in [2.45, 2.75) is 64.3 Å². The van der Waals surface area contributed by atoms with Crippen molar-refractivity contribution < 1.29 is 22.7 Å². The van der Waals surface area contributed by atoms with Crippen LogP contribution in [-0.2, 0) is 24.1 Å². The molecule has 9 nitrogen and oxygen atoms in total. The Morgan fingerprint density at radius 3 is 2.52 bits per heavy atom. The number of rotatable bonds is 7. The second-order valence-electron chi connectivity index (χ2n) is 10.4. The molecule has 4 heterocycles. The number of carbonyl (C=O) groups excluding carboxylic acids is 1. The smallest absolute Gasteiger partial charge is 0.434 e. The number of nitrogens with zero attached hydrogens (tertiary/aromatic N) is 7. The van der Waals surface area contributed by atoms with E-state index in [1.807, 2.05) is 36.7 Å². The number of anilines is 1. The number of amides is 1. The first-order chi connectivity index (χ1) is 19.1. The van der Waals surface area contributed by atoms with E-state index in [0.29, 0.717) is 41.8 Å². The molecule has 40 heavy (non-hydrogen) atoms. The molecule has 0 radical (unpaired) electrons. The van der Waals surface area contributed by atoms with Crippen molar-refractivity contribution in [1.29, 1.82) is 0 Å². The number of halogens is 3. The third kappa shape index (κ3) is 4.71. The van der Waals surface area contributed by atoms with Crippen LogP contribution in [0.3, 0.4) is 0 Å². The molecule has 6 rings (SSSR count). The van der Waals surface area contributed by atoms with Crippen LogP contribution in [0.2, 0.25) is 0 Å². The quantitative estimate of drug-likeness (QED) is 0.296. The number of carbonyl (C=O) groups is 1. The number of hydrogen-bond donors (Lipinski definition) is 0. The van der Waals surface area contributed by atoms with Gasteiger partial charge in [0.2, 0.25) is 11.8 Å². The number of methoxy groups -OCH3 is 1. The number of fused-ring (bicyclic) bond motifs is 1. The summed E-state index contributed by atoms with van der Waals surface area (Å²) in [6, 6.07) is 8.77. The van der Waals surface area contributed by atoms with Crippen molar-refractivity contribution in [1.82, 2.24) is 29.3 Å². The van der Waals surface area contributed by atoms with Crippen LogP contribution in [0.15, 0.2) is 42.9 Å². The van der Waals surface area contributed by atoms with Crippen molar-refractivity contribution in [2.24, 2.45) is 0 Å². The summed E-state index contributed by atoms with van der Waals surface area (Å²) in [5.74, 6) is 1.67. The predicted molar refractivity (Wildman–Crippen MR) is 141 cm³/mol. The van der Waals surface area contributed by atoms with E-state index < -0.39 is 11.9 Å². The lowest BCUT2D eigenvalue weighted by Gasteiger charge is -2.27. The van der Waals surface area contributed by atoms with Crippen LogP contribution in [0.5, 0.6) is 5.88 Å². The average molecular weight is 552 g/mol. The van der Waals surface area contributed by atoms with Gasteiger partial charge in [-0.15, -0.1) is 0 Å². The summed E-state index contributed by atoms with van der Waals surface area (Å²) < 4.78 is 48.8. The van der Waals surface area contributed by atoms with Gasteiger partial charge in [-0.1, -0.05) is 24.3 Å². The molecule has 1 aliphatic heterocycles. The van der Waals surface area contributed by atoms with Crippen LogP contribution in [0, 0.1) is 0 Å². The van der Waals surface area contributed by atoms with Gasteiger partial charge in [-0.25, -0.2) is 19.6 Å². The molecule has 0 unspecified atom stereocenters. The first-order valence-electron chi connectivity index (χ1n) is 13.2. The molecule has 0 saturated heterocycles. The molecule has 0 N–H and O–H groups in total. The van der Waals surface area contributed by atoms with Crippen molar-refractivity contribution >= 4 is 11.7 Å². The lowest BCUT2D eigenvalue weighted by atomic mass is 10.1. The van der Waals surface area contributed by atoms with E-state index >= 15 is 0 Å². The van der Waals surface area contributed by atoms with Crippen molar-refractivity contribution in [3.05, 3.63) is 59.8 Å². The maximum absolute atomic E-state index is 13.3. The molecule has 4 aromatic rings. The van der Waals surface area contributed by atoms with Gasteiger partial charge in [0.25, 0.3) is 0 Å². The highest BCUT2D eigenvalue weighted by Gasteiger charge is 2.36. The summed E-state index contributed by atoms with van der Waals surface area (Å²) >= 11 is 0. The van der Waals surface area contributed by atoms with E-state index in [-0.39, 0.29) is 24.3 Å². The number of benzene rings is 1. The van der Waals surface area contributed by atoms with Gasteiger partial charge in [0, 0.05) is 36.2 Å². The SMILES string of the molecule is COc1ncnc(C2CC2)c1-c1cc2n(n1)CCC(=O)N2Cc1ccc(-c2nc(C(F)(F)F)cn2C(C)C)cc1. The Morgan fingerprint density at radius 2 is 1.88 bits per heavy atom. The number of hydrogen-bond acceptors (Lipinski definition) is 6. The third-order valence-corrected chi connectivity index (χ3v) is 7.26. The molecular formula is C28H28F3N7O2. The lowest BCUT2D eigenvalue weighted by Crippen LogP contribution is -2.36. The third-order valence-electron chi connectivity index (χ3n) is 7.26. The maximum atomic E-state index is 13.3. The van der Waals surface area contributed by atoms with Gasteiger partial charge in [-0.2, -0.15) is 18.3 Å². The van der Waals surface area contributed by atoms with Crippen molar-refractivity contribution in [3.8, 4) is 28.5 Å². The topological polar surface area (TPSA) is 91.0 Å². The van der Waals surface area contributed by atoms with Gasteiger partial charge in [-0.05, 0) is 32.3 Å². The van der Waals surface area contributed by atoms with Gasteiger partial charge in [0.15, 0.2) is 5.69 Å². The molecule has 1 saturated carbocycles. The highest BCUT2D eigenvalue weighted by atomic mass is 19.4. The molecule has 208 valence electrons. The minimum atomic E-state index is -4.53. The summed E-state index contributed by atoms with van der Waals surface area (Å²) in [6.45, 7) is 4.36. The zero-order valence-electron chi connectivity index (χ0n) is 22.3. The van der Waals surface area contributed by atoms with Gasteiger partial charge in [0.05, 0.1) is 31.5 Å². The standard InChI is InChI=1S/C28H28F3N7O2/c1-16(2)36-14-21(28(29,30)31)34-26(36)19-6-4-17(5-7-19)13-37-22-12-20(35-38(22)11-10-23(37)39)24-25(18-8-9-18)32-15-33-27(24)40-3/h4-7,12,14-16,18H,8-11,13H2,1-3H3. The van der Waals surface area contributed by atoms with Crippen molar-refractivity contribution in [3.63, 3.8) is 0 Å². The Morgan fingerprint density at radius 1 is 1.12 bits per heavy atom. The van der Waals surface area contributed by atoms with Gasteiger partial charge < -0.3 is 9.30 Å². The summed E-state index contributed by atoms with van der Waals surface area (Å²) in [5.41, 5.74) is 2.79. The lowest BCUT2D eigenvalue weighted by molar-refractivity contribution is -0.140. The summed E-state index contributed by atoms with van der Waals surface area (Å²) in [5, 5.41) is 4.79. The molecule has 1 aliphatic carbocycles. The predicted octanol–water partition coefficient (Wildman–Crippen LogP) is 5.63. The average Bonchev–Trinajstić information content (AvgIpc) is 3.51. The van der Waals surface area contributed by atoms with Crippen LogP contribution in [0.1, 0.15) is 62.0 Å². The first-order valence-corrected chi connectivity index (χ1v) is 13.2. The highest BCUT2D eigenvalue weighted by molar-refractivity contribution is 5.94. The number of imidazole rings is 1. The van der Waals surface area contributed by atoms with E-state index in [2.05, 4.69) is 15.0 Å². The number of ether oxygens (including phenoxy) is 1. The largest absolute Gasteiger partial charge is 0.480 e. The Bertz CT molecular complexity index is 1570. The number of aromatic nitrogens is 6. The summed E-state index contributed by atoms with van der Waals surface area (Å²) in [6.07, 6.45) is 0.423. The van der Waals surface area contributed by atoms with E-state index in [9.17, 15) is 18.0 Å². The molecule has 3 aromatic heterocycles. The van der Waals surface area contributed by atoms with E-state index in [0.717, 1.165) is 35.9 Å². The fraction of sp³-hybridized carbons (Fsp3) is 0.393. The Balaban J connectivity index is 1.30. The van der Waals surface area contributed by atoms with E-state index in [1.54, 1.807) is 24.1 Å². The van der Waals surface area contributed by atoms with Gasteiger partial charge in [0.1, 0.15) is 23.7 Å². The second-order valence-corrected chi connectivity index (χ2v) is 10.4. The zero-order chi connectivity index (χ0) is 28.2. The molecule has 0 spiro atoms. The molecule has 2 aliphatic rings. The first kappa shape index (κ1) is 26.0. The fourth-order valence-corrected chi connectivity index (χ4v) is 5.07. The normalized spacial score (nSPS) is 15.6. The van der Waals surface area contributed by atoms with E-state index in [4.69, 9.17) is 9.84 Å². The van der Waals surface area contributed by atoms with Gasteiger partial charge >= 0.3 is 6.18 Å². The Hall–Kier alpha value is -4.22. The van der Waals surface area contributed by atoms with Crippen LogP contribution < -0.4 is 9.64 Å². The summed E-state index contributed by atoms with van der Waals surface area (Å²) in [7, 11) is 1.56. The summed E-state index contributed by atoms with van der Waals surface area (Å²) in [4.78, 5) is 27.4. The number of alkyl halides is 3. The molecule has 0 bridgehead atoms. The minimum absolute atomic E-state index is 0.0353. The second kappa shape index (κ2) is 9.76. The highest BCUT2D eigenvalue weighted by Crippen LogP contribution is 2.46. The minimum Gasteiger partial charge on any atom is -0.480 e. The molecule has 1 aromatic carbocycles. The van der Waals surface area contributed by atoms with Crippen molar-refractivity contribution in [2.75, 3.05) is 12.0 Å². The van der Waals surface area contributed by atoms with Crippen LogP contribution >= 0.6 is 0 Å². The van der Waals surface area contributed by atoms with Gasteiger partial charge in [-0.3, -0.25) is 9.69 Å². The maximum Gasteiger partial charge on any atom is 0.434 e. The monoisotopic (exact) mass is 551 g/mol. The molecular weight excluding hydrogens is 523 g/mol. The molecule has 0 atom stereocenters. The Kier molecular flexibility index (Phi) is 6.35. The Labute approximate surface area is 228 Å². The molecule has 1 fully saturated rings. The number of aryl methyl sites for hydroxylation is 1. The zero-order valence-corrected chi connectivity index (χ0v) is 22.3. The van der Waals surface area contributed by atoms with Crippen LogP contribution in [-0.4, -0.2) is 42.3 Å².